The molecule has 0 aromatic heterocycles. The van der Waals surface area contributed by atoms with Gasteiger partial charge in [0.1, 0.15) is 11.4 Å². The minimum absolute atomic E-state index is 0.134. The highest BCUT2D eigenvalue weighted by Gasteiger charge is 2.33. The van der Waals surface area contributed by atoms with Gasteiger partial charge in [-0.3, -0.25) is 0 Å². The maximum atomic E-state index is 6.08. The molecule has 0 bridgehead atoms. The average Bonchev–Trinajstić information content (AvgIpc) is 2.54. The van der Waals surface area contributed by atoms with Gasteiger partial charge in [-0.15, -0.1) is 0 Å². The summed E-state index contributed by atoms with van der Waals surface area (Å²) in [6, 6.07) is 16.7. The number of anilines is 1. The Morgan fingerprint density at radius 1 is 1.12 bits per heavy atom. The maximum Gasteiger partial charge on any atom is 0.171 e. The van der Waals surface area contributed by atoms with Gasteiger partial charge in [-0.2, -0.15) is 0 Å². The molecule has 1 aliphatic rings. The van der Waals surface area contributed by atoms with Crippen LogP contribution in [0.1, 0.15) is 57.2 Å². The van der Waals surface area contributed by atoms with Crippen LogP contribution in [-0.4, -0.2) is 10.7 Å². The van der Waals surface area contributed by atoms with E-state index in [9.17, 15) is 0 Å². The van der Waals surface area contributed by atoms with Crippen molar-refractivity contribution in [2.75, 3.05) is 5.32 Å². The van der Waals surface area contributed by atoms with E-state index in [1.165, 1.54) is 5.56 Å². The number of nitrogens with one attached hydrogen (secondary N) is 2. The Hall–Kier alpha value is -2.07. The molecule has 4 heteroatoms. The van der Waals surface area contributed by atoms with Crippen molar-refractivity contribution in [2.45, 2.75) is 51.7 Å². The quantitative estimate of drug-likeness (QED) is 0.723. The van der Waals surface area contributed by atoms with Crippen LogP contribution in [0.3, 0.4) is 0 Å². The van der Waals surface area contributed by atoms with E-state index < -0.39 is 0 Å². The van der Waals surface area contributed by atoms with Crippen LogP contribution in [-0.2, 0) is 0 Å². The van der Waals surface area contributed by atoms with Crippen LogP contribution in [0.4, 0.5) is 5.69 Å². The molecule has 0 radical (unpaired) electrons. The summed E-state index contributed by atoms with van der Waals surface area (Å²) < 4.78 is 6.08. The van der Waals surface area contributed by atoms with Crippen molar-refractivity contribution < 1.29 is 4.74 Å². The van der Waals surface area contributed by atoms with E-state index in [4.69, 9.17) is 17.0 Å². The van der Waals surface area contributed by atoms with Crippen molar-refractivity contribution in [1.29, 1.82) is 0 Å². The lowest BCUT2D eigenvalue weighted by Gasteiger charge is -2.38. The zero-order valence-electron chi connectivity index (χ0n) is 15.3. The first-order valence-corrected chi connectivity index (χ1v) is 9.20. The first-order chi connectivity index (χ1) is 11.8. The highest BCUT2D eigenvalue weighted by Crippen LogP contribution is 2.39. The summed E-state index contributed by atoms with van der Waals surface area (Å²) in [6.07, 6.45) is 0.859. The first-order valence-electron chi connectivity index (χ1n) is 8.79. The second-order valence-electron chi connectivity index (χ2n) is 7.53. The highest BCUT2D eigenvalue weighted by atomic mass is 32.1. The molecule has 3 rings (SSSR count). The molecule has 2 aromatic rings. The normalized spacial score (nSPS) is 18.2. The van der Waals surface area contributed by atoms with Gasteiger partial charge in [-0.25, -0.2) is 0 Å². The Bertz CT molecular complexity index is 753. The third-order valence-corrected chi connectivity index (χ3v) is 4.74. The van der Waals surface area contributed by atoms with Crippen molar-refractivity contribution in [3.05, 3.63) is 59.7 Å². The third kappa shape index (κ3) is 4.31. The maximum absolute atomic E-state index is 6.08. The summed E-state index contributed by atoms with van der Waals surface area (Å²) >= 11 is 5.54. The zero-order chi connectivity index (χ0) is 18.0. The fourth-order valence-corrected chi connectivity index (χ4v) is 3.47. The van der Waals surface area contributed by atoms with E-state index in [2.05, 4.69) is 68.7 Å². The van der Waals surface area contributed by atoms with Crippen LogP contribution in [0.15, 0.2) is 48.5 Å². The smallest absolute Gasteiger partial charge is 0.171 e. The summed E-state index contributed by atoms with van der Waals surface area (Å²) in [6.45, 7) is 8.61. The summed E-state index contributed by atoms with van der Waals surface area (Å²) in [5.74, 6) is 1.46. The van der Waals surface area contributed by atoms with Gasteiger partial charge in [0.05, 0.1) is 6.04 Å². The number of fused-ring (bicyclic) bond motifs is 1. The van der Waals surface area contributed by atoms with Crippen LogP contribution in [0.2, 0.25) is 0 Å². The fourth-order valence-electron chi connectivity index (χ4n) is 3.21. The summed E-state index contributed by atoms with van der Waals surface area (Å²) in [4.78, 5) is 0. The number of benzene rings is 2. The van der Waals surface area contributed by atoms with Crippen LogP contribution in [0.25, 0.3) is 0 Å². The van der Waals surface area contributed by atoms with Crippen molar-refractivity contribution >= 4 is 23.0 Å². The molecule has 0 saturated carbocycles. The largest absolute Gasteiger partial charge is 0.487 e. The molecular weight excluding hydrogens is 328 g/mol. The number of rotatable bonds is 3. The second-order valence-corrected chi connectivity index (χ2v) is 7.94. The minimum Gasteiger partial charge on any atom is -0.487 e. The van der Waals surface area contributed by atoms with E-state index in [-0.39, 0.29) is 11.6 Å². The van der Waals surface area contributed by atoms with Crippen LogP contribution in [0, 0.1) is 0 Å². The molecule has 2 N–H and O–H groups in total. The molecule has 1 heterocycles. The molecule has 0 fully saturated rings. The van der Waals surface area contributed by atoms with Gasteiger partial charge in [0, 0.05) is 17.7 Å². The molecule has 1 atom stereocenters. The summed E-state index contributed by atoms with van der Waals surface area (Å²) in [7, 11) is 0. The molecule has 0 saturated heterocycles. The summed E-state index contributed by atoms with van der Waals surface area (Å²) in [5, 5.41) is 7.38. The van der Waals surface area contributed by atoms with Crippen molar-refractivity contribution in [3.8, 4) is 5.75 Å². The molecule has 3 nitrogen and oxygen atoms in total. The van der Waals surface area contributed by atoms with Gasteiger partial charge in [0.25, 0.3) is 0 Å². The number of thiocarbonyl (C=S) groups is 1. The molecule has 2 aromatic carbocycles. The molecule has 0 amide bonds. The Kier molecular flexibility index (Phi) is 5.00. The number of para-hydroxylation sites is 1. The lowest BCUT2D eigenvalue weighted by atomic mass is 9.90. The van der Waals surface area contributed by atoms with E-state index in [1.54, 1.807) is 0 Å². The average molecular weight is 355 g/mol. The van der Waals surface area contributed by atoms with Gasteiger partial charge in [-0.1, -0.05) is 44.2 Å². The Morgan fingerprint density at radius 2 is 1.80 bits per heavy atom. The molecule has 1 aliphatic heterocycles. The van der Waals surface area contributed by atoms with E-state index in [0.29, 0.717) is 11.0 Å². The second kappa shape index (κ2) is 7.04. The van der Waals surface area contributed by atoms with Crippen molar-refractivity contribution in [3.63, 3.8) is 0 Å². The zero-order valence-corrected chi connectivity index (χ0v) is 16.1. The van der Waals surface area contributed by atoms with Gasteiger partial charge < -0.3 is 15.4 Å². The van der Waals surface area contributed by atoms with Gasteiger partial charge in [-0.05, 0) is 55.7 Å². The molecule has 0 unspecified atom stereocenters. The van der Waals surface area contributed by atoms with E-state index in [0.717, 1.165) is 23.4 Å². The van der Waals surface area contributed by atoms with E-state index >= 15 is 0 Å². The monoisotopic (exact) mass is 354 g/mol. The Morgan fingerprint density at radius 3 is 2.48 bits per heavy atom. The number of ether oxygens (including phenoxy) is 1. The topological polar surface area (TPSA) is 33.3 Å². The molecule has 0 spiro atoms. The lowest BCUT2D eigenvalue weighted by molar-refractivity contribution is 0.0697. The fraction of sp³-hybridized carbons (Fsp3) is 0.381. The van der Waals surface area contributed by atoms with Crippen LogP contribution < -0.4 is 15.4 Å². The standard InChI is InChI=1S/C21H26N2OS/c1-14(2)15-9-11-16(12-10-15)22-20(25)23-18-13-21(3,4)24-19-8-6-5-7-17(18)19/h5-12,14,18H,13H2,1-4H3,(H2,22,23,25)/t18-/m0/s1. The van der Waals surface area contributed by atoms with Crippen LogP contribution in [0.5, 0.6) is 5.75 Å². The number of hydrogen-bond donors (Lipinski definition) is 2. The van der Waals surface area contributed by atoms with Crippen molar-refractivity contribution in [1.82, 2.24) is 5.32 Å². The SMILES string of the molecule is CC(C)c1ccc(NC(=S)N[C@H]2CC(C)(C)Oc3ccccc32)cc1. The summed E-state index contributed by atoms with van der Waals surface area (Å²) in [5.41, 5.74) is 3.26. The first kappa shape index (κ1) is 17.7. The van der Waals surface area contributed by atoms with Gasteiger partial charge in [0.2, 0.25) is 0 Å². The molecule has 132 valence electrons. The Balaban J connectivity index is 1.70. The third-order valence-electron chi connectivity index (χ3n) is 4.52. The molecular formula is C21H26N2OS. The van der Waals surface area contributed by atoms with Gasteiger partial charge in [0.15, 0.2) is 5.11 Å². The Labute approximate surface area is 155 Å². The van der Waals surface area contributed by atoms with Crippen LogP contribution >= 0.6 is 12.2 Å². The number of hydrogen-bond acceptors (Lipinski definition) is 2. The minimum atomic E-state index is -0.222. The molecule has 25 heavy (non-hydrogen) atoms. The predicted octanol–water partition coefficient (Wildman–Crippen LogP) is 5.40. The highest BCUT2D eigenvalue weighted by molar-refractivity contribution is 7.80. The molecule has 0 aliphatic carbocycles. The lowest BCUT2D eigenvalue weighted by Crippen LogP contribution is -2.42. The van der Waals surface area contributed by atoms with E-state index in [1.807, 2.05) is 18.2 Å². The predicted molar refractivity (Wildman–Crippen MR) is 108 cm³/mol. The van der Waals surface area contributed by atoms with Crippen molar-refractivity contribution in [2.24, 2.45) is 0 Å². The van der Waals surface area contributed by atoms with Gasteiger partial charge >= 0.3 is 0 Å².